The molecule has 0 fully saturated rings. The Morgan fingerprint density at radius 3 is 2.90 bits per heavy atom. The highest BCUT2D eigenvalue weighted by molar-refractivity contribution is 7.78. The van der Waals surface area contributed by atoms with Gasteiger partial charge in [0.1, 0.15) is 5.75 Å². The molecule has 0 aliphatic carbocycles. The van der Waals surface area contributed by atoms with Crippen LogP contribution < -0.4 is 0 Å². The van der Waals surface area contributed by atoms with Gasteiger partial charge in [0.2, 0.25) is 0 Å². The van der Waals surface area contributed by atoms with Crippen molar-refractivity contribution in [3.8, 4) is 5.75 Å². The van der Waals surface area contributed by atoms with Crippen LogP contribution in [-0.2, 0) is 6.42 Å². The minimum absolute atomic E-state index is 0.280. The number of thiocarbonyl (C=S) groups is 1. The molecular weight excluding hydrogens is 144 g/mol. The molecule has 0 spiro atoms. The second-order valence-electron chi connectivity index (χ2n) is 1.99. The average molecular weight is 151 g/mol. The first-order chi connectivity index (χ1) is 4.83. The molecule has 1 N–H and O–H groups in total. The summed E-state index contributed by atoms with van der Waals surface area (Å²) in [4.78, 5) is 0. The zero-order valence-corrected chi connectivity index (χ0v) is 6.19. The van der Waals surface area contributed by atoms with Crippen LogP contribution in [0.4, 0.5) is 0 Å². The van der Waals surface area contributed by atoms with E-state index in [1.807, 2.05) is 6.07 Å². The average Bonchev–Trinajstić information content (AvgIpc) is 1.88. The molecule has 1 rings (SSSR count). The molecule has 0 saturated heterocycles. The van der Waals surface area contributed by atoms with Gasteiger partial charge in [-0.2, -0.15) is 0 Å². The maximum Gasteiger partial charge on any atom is 0.115 e. The topological polar surface area (TPSA) is 20.2 Å². The highest BCUT2D eigenvalue weighted by Gasteiger charge is 1.90. The van der Waals surface area contributed by atoms with E-state index >= 15 is 0 Å². The Morgan fingerprint density at radius 1 is 1.50 bits per heavy atom. The van der Waals surface area contributed by atoms with Crippen LogP contribution in [0.3, 0.4) is 0 Å². The lowest BCUT2D eigenvalue weighted by Crippen LogP contribution is -1.81. The second kappa shape index (κ2) is 3.32. The molecule has 0 aliphatic heterocycles. The molecule has 51 valence electrons. The predicted octanol–water partition coefficient (Wildman–Crippen LogP) is 1.81. The number of aromatic hydroxyl groups is 1. The van der Waals surface area contributed by atoms with Crippen LogP contribution in [-0.4, -0.2) is 10.5 Å². The Kier molecular flexibility index (Phi) is 2.40. The molecule has 0 unspecified atom stereocenters. The number of rotatable bonds is 2. The number of hydrogen-bond acceptors (Lipinski definition) is 2. The van der Waals surface area contributed by atoms with E-state index in [4.69, 9.17) is 5.11 Å². The molecule has 0 heterocycles. The van der Waals surface area contributed by atoms with Crippen LogP contribution in [0.25, 0.3) is 0 Å². The Hall–Kier alpha value is -0.890. The maximum atomic E-state index is 8.98. The van der Waals surface area contributed by atoms with Gasteiger partial charge in [0.15, 0.2) is 0 Å². The Bertz CT molecular complexity index is 232. The first-order valence-electron chi connectivity index (χ1n) is 2.96. The summed E-state index contributed by atoms with van der Waals surface area (Å²) in [5.74, 6) is 0.280. The monoisotopic (exact) mass is 151 g/mol. The van der Waals surface area contributed by atoms with E-state index in [1.54, 1.807) is 18.2 Å². The van der Waals surface area contributed by atoms with Crippen LogP contribution in [0.5, 0.6) is 5.75 Å². The van der Waals surface area contributed by atoms with Gasteiger partial charge in [0.25, 0.3) is 0 Å². The van der Waals surface area contributed by atoms with Gasteiger partial charge in [-0.05, 0) is 17.7 Å². The summed E-state index contributed by atoms with van der Waals surface area (Å²) in [5, 5.41) is 11.6. The Labute approximate surface area is 65.3 Å². The molecule has 0 amide bonds. The predicted molar refractivity (Wildman–Crippen MR) is 44.4 cm³/mol. The van der Waals surface area contributed by atoms with E-state index < -0.39 is 0 Å². The molecule has 0 aliphatic rings. The summed E-state index contributed by atoms with van der Waals surface area (Å²) >= 11 is 4.55. The highest BCUT2D eigenvalue weighted by Crippen LogP contribution is 2.10. The van der Waals surface area contributed by atoms with Crippen molar-refractivity contribution in [3.05, 3.63) is 29.8 Å². The van der Waals surface area contributed by atoms with Gasteiger partial charge in [-0.25, -0.2) is 0 Å². The van der Waals surface area contributed by atoms with Crippen molar-refractivity contribution < 1.29 is 5.11 Å². The van der Waals surface area contributed by atoms with Crippen molar-refractivity contribution >= 4 is 17.6 Å². The normalized spacial score (nSPS) is 9.20. The molecule has 0 saturated carbocycles. The lowest BCUT2D eigenvalue weighted by atomic mass is 10.2. The van der Waals surface area contributed by atoms with E-state index in [0.29, 0.717) is 6.42 Å². The number of phenols is 1. The summed E-state index contributed by atoms with van der Waals surface area (Å²) in [5.41, 5.74) is 0.995. The molecule has 1 radical (unpaired) electrons. The van der Waals surface area contributed by atoms with Crippen molar-refractivity contribution in [1.29, 1.82) is 0 Å². The lowest BCUT2D eigenvalue weighted by molar-refractivity contribution is 0.475. The quantitative estimate of drug-likeness (QED) is 0.650. The van der Waals surface area contributed by atoms with E-state index in [9.17, 15) is 0 Å². The summed E-state index contributed by atoms with van der Waals surface area (Å²) in [6.07, 6.45) is 0.615. The summed E-state index contributed by atoms with van der Waals surface area (Å²) in [7, 11) is 0. The smallest absolute Gasteiger partial charge is 0.115 e. The second-order valence-corrected chi connectivity index (χ2v) is 2.28. The number of hydrogen-bond donors (Lipinski definition) is 1. The summed E-state index contributed by atoms with van der Waals surface area (Å²) in [6, 6.07) is 7.00. The molecule has 0 bridgehead atoms. The summed E-state index contributed by atoms with van der Waals surface area (Å²) < 4.78 is 0. The Balaban J connectivity index is 2.84. The molecule has 10 heavy (non-hydrogen) atoms. The number of benzene rings is 1. The van der Waals surface area contributed by atoms with E-state index in [2.05, 4.69) is 17.6 Å². The van der Waals surface area contributed by atoms with Gasteiger partial charge >= 0.3 is 0 Å². The molecule has 1 aromatic carbocycles. The van der Waals surface area contributed by atoms with Gasteiger partial charge in [0, 0.05) is 11.8 Å². The van der Waals surface area contributed by atoms with Crippen molar-refractivity contribution in [1.82, 2.24) is 0 Å². The van der Waals surface area contributed by atoms with E-state index in [1.165, 1.54) is 0 Å². The molecule has 0 atom stereocenters. The molecule has 1 nitrogen and oxygen atoms in total. The van der Waals surface area contributed by atoms with Crippen LogP contribution in [0.1, 0.15) is 5.56 Å². The Morgan fingerprint density at radius 2 is 2.30 bits per heavy atom. The van der Waals surface area contributed by atoms with Crippen LogP contribution in [0.2, 0.25) is 0 Å². The standard InChI is InChI=1S/C8H7OS/c9-8-3-1-2-7(6-8)4-5-10/h1-3,6,9H,4H2. The van der Waals surface area contributed by atoms with Crippen molar-refractivity contribution in [2.45, 2.75) is 6.42 Å². The van der Waals surface area contributed by atoms with E-state index in [-0.39, 0.29) is 5.75 Å². The van der Waals surface area contributed by atoms with Crippen molar-refractivity contribution in [2.24, 2.45) is 0 Å². The molecule has 2 heteroatoms. The van der Waals surface area contributed by atoms with Crippen LogP contribution in [0.15, 0.2) is 24.3 Å². The fourth-order valence-electron chi connectivity index (χ4n) is 0.750. The highest BCUT2D eigenvalue weighted by atomic mass is 32.1. The minimum atomic E-state index is 0.280. The fourth-order valence-corrected chi connectivity index (χ4v) is 0.916. The SMILES string of the molecule is Oc1cccc(C[C]=S)c1. The van der Waals surface area contributed by atoms with Gasteiger partial charge in [0.05, 0.1) is 0 Å². The molecular formula is C8H7OS. The van der Waals surface area contributed by atoms with Gasteiger partial charge < -0.3 is 5.11 Å². The van der Waals surface area contributed by atoms with Crippen molar-refractivity contribution in [2.75, 3.05) is 0 Å². The third-order valence-corrected chi connectivity index (χ3v) is 1.33. The largest absolute Gasteiger partial charge is 0.508 e. The third-order valence-electron chi connectivity index (χ3n) is 1.19. The van der Waals surface area contributed by atoms with Gasteiger partial charge in [-0.1, -0.05) is 24.4 Å². The molecule has 1 aromatic rings. The van der Waals surface area contributed by atoms with Gasteiger partial charge in [-0.15, -0.1) is 0 Å². The van der Waals surface area contributed by atoms with Gasteiger partial charge in [-0.3, -0.25) is 0 Å². The maximum absolute atomic E-state index is 8.98. The van der Waals surface area contributed by atoms with Crippen molar-refractivity contribution in [3.63, 3.8) is 0 Å². The third kappa shape index (κ3) is 1.81. The zero-order valence-electron chi connectivity index (χ0n) is 5.37. The van der Waals surface area contributed by atoms with E-state index in [0.717, 1.165) is 5.56 Å². The minimum Gasteiger partial charge on any atom is -0.508 e. The van der Waals surface area contributed by atoms with Crippen LogP contribution in [0, 0.1) is 0 Å². The molecule has 0 aromatic heterocycles. The number of phenolic OH excluding ortho intramolecular Hbond substituents is 1. The summed E-state index contributed by atoms with van der Waals surface area (Å²) in [6.45, 7) is 0. The lowest BCUT2D eigenvalue weighted by Gasteiger charge is -1.94. The zero-order chi connectivity index (χ0) is 7.40. The first kappa shape index (κ1) is 7.22. The van der Waals surface area contributed by atoms with Crippen LogP contribution >= 0.6 is 12.2 Å². The first-order valence-corrected chi connectivity index (χ1v) is 3.36. The fraction of sp³-hybridized carbons (Fsp3) is 0.125.